The zero-order valence-electron chi connectivity index (χ0n) is 11.2. The van der Waals surface area contributed by atoms with Crippen molar-refractivity contribution in [3.05, 3.63) is 108 Å². The van der Waals surface area contributed by atoms with Gasteiger partial charge < -0.3 is 0 Å². The number of rotatable bonds is 3. The van der Waals surface area contributed by atoms with E-state index in [4.69, 9.17) is 0 Å². The van der Waals surface area contributed by atoms with Gasteiger partial charge in [0.1, 0.15) is 0 Å². The monoisotopic (exact) mass is 424 g/mol. The topological polar surface area (TPSA) is 0 Å². The Labute approximate surface area is 139 Å². The van der Waals surface area contributed by atoms with Crippen LogP contribution in [0.4, 0.5) is 0 Å². The standard InChI is InChI=1S/C19H16.Hf/c1-4-10-16(11-5-1)19(17-12-6-2-7-13-17)18-14-8-3-9-15-18;/h1-15,19H;. The molecular formula is C19H16Hf. The molecule has 0 saturated carbocycles. The summed E-state index contributed by atoms with van der Waals surface area (Å²) in [6, 6.07) is 32.0. The summed E-state index contributed by atoms with van der Waals surface area (Å²) < 4.78 is 0. The largest absolute Gasteiger partial charge is 0.0622 e. The third-order valence-electron chi connectivity index (χ3n) is 3.40. The smallest absolute Gasteiger partial charge is 0.0339 e. The van der Waals surface area contributed by atoms with E-state index in [1.807, 2.05) is 0 Å². The fourth-order valence-electron chi connectivity index (χ4n) is 2.51. The van der Waals surface area contributed by atoms with Crippen LogP contribution in [0.15, 0.2) is 91.0 Å². The molecule has 96 valence electrons. The van der Waals surface area contributed by atoms with E-state index in [-0.39, 0.29) is 25.8 Å². The predicted octanol–water partition coefficient (Wildman–Crippen LogP) is 4.86. The van der Waals surface area contributed by atoms with Gasteiger partial charge in [-0.1, -0.05) is 91.0 Å². The van der Waals surface area contributed by atoms with Crippen LogP contribution in [0.25, 0.3) is 0 Å². The third-order valence-corrected chi connectivity index (χ3v) is 3.40. The molecule has 0 aromatic heterocycles. The zero-order chi connectivity index (χ0) is 12.9. The SMILES string of the molecule is [Hf].c1ccc(C(c2ccccc2)c2ccccc2)cc1. The van der Waals surface area contributed by atoms with Gasteiger partial charge >= 0.3 is 0 Å². The molecule has 0 aliphatic heterocycles. The minimum absolute atomic E-state index is 0. The molecule has 0 heterocycles. The van der Waals surface area contributed by atoms with Gasteiger partial charge in [0.15, 0.2) is 0 Å². The van der Waals surface area contributed by atoms with Crippen molar-refractivity contribution in [2.24, 2.45) is 0 Å². The molecule has 0 atom stereocenters. The van der Waals surface area contributed by atoms with Crippen LogP contribution in [-0.2, 0) is 25.8 Å². The Hall–Kier alpha value is -1.47. The molecule has 3 aromatic rings. The van der Waals surface area contributed by atoms with Crippen molar-refractivity contribution in [2.45, 2.75) is 5.92 Å². The first-order valence-corrected chi connectivity index (χ1v) is 6.60. The molecule has 0 radical (unpaired) electrons. The van der Waals surface area contributed by atoms with Gasteiger partial charge in [0.25, 0.3) is 0 Å². The maximum absolute atomic E-state index is 2.20. The first-order valence-electron chi connectivity index (χ1n) is 6.60. The van der Waals surface area contributed by atoms with E-state index in [1.165, 1.54) is 16.7 Å². The van der Waals surface area contributed by atoms with Crippen molar-refractivity contribution in [2.75, 3.05) is 0 Å². The van der Waals surface area contributed by atoms with Crippen molar-refractivity contribution >= 4 is 0 Å². The Morgan fingerprint density at radius 2 is 0.650 bits per heavy atom. The van der Waals surface area contributed by atoms with Crippen molar-refractivity contribution < 1.29 is 25.8 Å². The molecule has 0 spiro atoms. The second-order valence-electron chi connectivity index (χ2n) is 4.67. The van der Waals surface area contributed by atoms with E-state index >= 15 is 0 Å². The molecule has 0 unspecified atom stereocenters. The molecule has 3 aromatic carbocycles. The van der Waals surface area contributed by atoms with Crippen LogP contribution in [0.5, 0.6) is 0 Å². The van der Waals surface area contributed by atoms with Gasteiger partial charge in [-0.05, 0) is 16.7 Å². The summed E-state index contributed by atoms with van der Waals surface area (Å²) in [6.07, 6.45) is 0. The molecule has 0 amide bonds. The van der Waals surface area contributed by atoms with Gasteiger partial charge in [0.05, 0.1) is 0 Å². The van der Waals surface area contributed by atoms with Crippen LogP contribution < -0.4 is 0 Å². The maximum Gasteiger partial charge on any atom is 0.0339 e. The van der Waals surface area contributed by atoms with E-state index in [1.54, 1.807) is 0 Å². The van der Waals surface area contributed by atoms with Gasteiger partial charge in [-0.15, -0.1) is 0 Å². The van der Waals surface area contributed by atoms with Crippen LogP contribution in [-0.4, -0.2) is 0 Å². The Balaban J connectivity index is 0.00000147. The number of hydrogen-bond acceptors (Lipinski definition) is 0. The van der Waals surface area contributed by atoms with Gasteiger partial charge in [-0.25, -0.2) is 0 Å². The molecule has 3 rings (SSSR count). The van der Waals surface area contributed by atoms with Gasteiger partial charge in [-0.2, -0.15) is 0 Å². The zero-order valence-corrected chi connectivity index (χ0v) is 14.8. The molecule has 0 N–H and O–H groups in total. The van der Waals surface area contributed by atoms with Gasteiger partial charge in [0, 0.05) is 31.8 Å². The summed E-state index contributed by atoms with van der Waals surface area (Å²) in [5.41, 5.74) is 4.00. The molecule has 0 aliphatic carbocycles. The van der Waals surface area contributed by atoms with Crippen LogP contribution in [0, 0.1) is 0 Å². The van der Waals surface area contributed by atoms with Crippen LogP contribution in [0.3, 0.4) is 0 Å². The van der Waals surface area contributed by atoms with Crippen LogP contribution >= 0.6 is 0 Å². The maximum atomic E-state index is 2.20. The molecule has 20 heavy (non-hydrogen) atoms. The predicted molar refractivity (Wildman–Crippen MR) is 80.3 cm³/mol. The normalized spacial score (nSPS) is 10.1. The van der Waals surface area contributed by atoms with Crippen molar-refractivity contribution in [1.29, 1.82) is 0 Å². The third kappa shape index (κ3) is 3.34. The Bertz CT molecular complexity index is 524. The van der Waals surface area contributed by atoms with Crippen LogP contribution in [0.1, 0.15) is 22.6 Å². The first kappa shape index (κ1) is 14.9. The Morgan fingerprint density at radius 1 is 0.400 bits per heavy atom. The van der Waals surface area contributed by atoms with E-state index in [2.05, 4.69) is 91.0 Å². The van der Waals surface area contributed by atoms with Crippen molar-refractivity contribution in [3.8, 4) is 0 Å². The second kappa shape index (κ2) is 7.35. The fraction of sp³-hybridized carbons (Fsp3) is 0.0526. The molecule has 0 nitrogen and oxygen atoms in total. The summed E-state index contributed by atoms with van der Waals surface area (Å²) >= 11 is 0. The molecule has 0 bridgehead atoms. The van der Waals surface area contributed by atoms with Crippen molar-refractivity contribution in [3.63, 3.8) is 0 Å². The van der Waals surface area contributed by atoms with Gasteiger partial charge in [0.2, 0.25) is 0 Å². The van der Waals surface area contributed by atoms with E-state index in [0.29, 0.717) is 5.92 Å². The summed E-state index contributed by atoms with van der Waals surface area (Å²) in [4.78, 5) is 0. The average molecular weight is 423 g/mol. The summed E-state index contributed by atoms with van der Waals surface area (Å²) in [7, 11) is 0. The number of hydrogen-bond donors (Lipinski definition) is 0. The minimum atomic E-state index is 0. The summed E-state index contributed by atoms with van der Waals surface area (Å²) in [6.45, 7) is 0. The molecule has 1 heteroatoms. The number of benzene rings is 3. The molecule has 0 saturated heterocycles. The second-order valence-corrected chi connectivity index (χ2v) is 4.67. The summed E-state index contributed by atoms with van der Waals surface area (Å²) in [5, 5.41) is 0. The first-order chi connectivity index (χ1) is 9.45. The van der Waals surface area contributed by atoms with E-state index in [9.17, 15) is 0 Å². The summed E-state index contributed by atoms with van der Waals surface area (Å²) in [5.74, 6) is 0.309. The van der Waals surface area contributed by atoms with Crippen LogP contribution in [0.2, 0.25) is 0 Å². The Morgan fingerprint density at radius 3 is 0.900 bits per heavy atom. The molecule has 0 aliphatic rings. The average Bonchev–Trinajstić information content (AvgIpc) is 2.51. The fourth-order valence-corrected chi connectivity index (χ4v) is 2.51. The Kier molecular flexibility index (Phi) is 5.49. The molecule has 0 fully saturated rings. The minimum Gasteiger partial charge on any atom is -0.0622 e. The van der Waals surface area contributed by atoms with E-state index in [0.717, 1.165) is 0 Å². The van der Waals surface area contributed by atoms with Gasteiger partial charge in [-0.3, -0.25) is 0 Å². The quantitative estimate of drug-likeness (QED) is 0.417. The van der Waals surface area contributed by atoms with E-state index < -0.39 is 0 Å². The van der Waals surface area contributed by atoms with Crippen molar-refractivity contribution in [1.82, 2.24) is 0 Å². The molecular weight excluding hydrogens is 407 g/mol.